The zero-order chi connectivity index (χ0) is 23.4. The van der Waals surface area contributed by atoms with Gasteiger partial charge >= 0.3 is 0 Å². The van der Waals surface area contributed by atoms with Gasteiger partial charge in [-0.15, -0.1) is 10.2 Å². The van der Waals surface area contributed by atoms with Crippen molar-refractivity contribution in [2.75, 3.05) is 11.1 Å². The van der Waals surface area contributed by atoms with Crippen LogP contribution in [0.3, 0.4) is 0 Å². The minimum Gasteiger partial charge on any atom is -0.342 e. The van der Waals surface area contributed by atoms with Gasteiger partial charge in [0.2, 0.25) is 5.91 Å². The van der Waals surface area contributed by atoms with Crippen LogP contribution in [0.25, 0.3) is 0 Å². The predicted octanol–water partition coefficient (Wildman–Crippen LogP) is 4.72. The molecule has 0 aliphatic heterocycles. The van der Waals surface area contributed by atoms with E-state index in [2.05, 4.69) is 36.8 Å². The minimum absolute atomic E-state index is 0.117. The SMILES string of the molecule is Cc1ccc(C(=O)N[C@@H](C)c2nnc(SCC(=O)Nc3c(C)cc(Br)cc3C)n2C)cc1. The van der Waals surface area contributed by atoms with Crippen LogP contribution in [0.4, 0.5) is 5.69 Å². The molecule has 0 fully saturated rings. The topological polar surface area (TPSA) is 88.9 Å². The molecular weight excluding hydrogens is 490 g/mol. The molecule has 0 saturated heterocycles. The number of aromatic nitrogens is 3. The fraction of sp³-hybridized carbons (Fsp3) is 0.304. The van der Waals surface area contributed by atoms with Gasteiger partial charge in [-0.3, -0.25) is 9.59 Å². The highest BCUT2D eigenvalue weighted by molar-refractivity contribution is 9.10. The summed E-state index contributed by atoms with van der Waals surface area (Å²) in [6.45, 7) is 7.75. The number of carbonyl (C=O) groups excluding carboxylic acids is 2. The van der Waals surface area contributed by atoms with Crippen LogP contribution in [0.1, 0.15) is 45.8 Å². The van der Waals surface area contributed by atoms with Crippen molar-refractivity contribution in [2.24, 2.45) is 7.05 Å². The third kappa shape index (κ3) is 5.77. The fourth-order valence-electron chi connectivity index (χ4n) is 3.29. The first-order valence-electron chi connectivity index (χ1n) is 10.1. The van der Waals surface area contributed by atoms with Crippen LogP contribution < -0.4 is 10.6 Å². The average Bonchev–Trinajstić information content (AvgIpc) is 3.10. The summed E-state index contributed by atoms with van der Waals surface area (Å²) in [5, 5.41) is 14.9. The van der Waals surface area contributed by atoms with Gasteiger partial charge in [0.25, 0.3) is 5.91 Å². The molecule has 0 aliphatic carbocycles. The molecule has 2 N–H and O–H groups in total. The first-order valence-corrected chi connectivity index (χ1v) is 11.9. The lowest BCUT2D eigenvalue weighted by Gasteiger charge is -2.14. The number of nitrogens with one attached hydrogen (secondary N) is 2. The highest BCUT2D eigenvalue weighted by atomic mass is 79.9. The Morgan fingerprint density at radius 3 is 2.34 bits per heavy atom. The summed E-state index contributed by atoms with van der Waals surface area (Å²) in [5.74, 6) is 0.529. The molecule has 0 spiro atoms. The molecule has 0 saturated carbocycles. The third-order valence-corrected chi connectivity index (χ3v) is 6.49. The quantitative estimate of drug-likeness (QED) is 0.444. The molecule has 1 aromatic heterocycles. The second-order valence-corrected chi connectivity index (χ2v) is 9.57. The number of hydrogen-bond acceptors (Lipinski definition) is 5. The van der Waals surface area contributed by atoms with Crippen LogP contribution in [-0.4, -0.2) is 32.3 Å². The fourth-order valence-corrected chi connectivity index (χ4v) is 4.70. The van der Waals surface area contributed by atoms with Crippen molar-refractivity contribution in [3.05, 3.63) is 68.9 Å². The molecule has 2 aromatic carbocycles. The molecule has 1 heterocycles. The van der Waals surface area contributed by atoms with Crippen LogP contribution in [0.2, 0.25) is 0 Å². The van der Waals surface area contributed by atoms with Gasteiger partial charge in [0, 0.05) is 22.8 Å². The monoisotopic (exact) mass is 515 g/mol. The van der Waals surface area contributed by atoms with Crippen molar-refractivity contribution in [3.8, 4) is 0 Å². The summed E-state index contributed by atoms with van der Waals surface area (Å²) in [4.78, 5) is 25.0. The van der Waals surface area contributed by atoms with Crippen LogP contribution in [-0.2, 0) is 11.8 Å². The number of nitrogens with zero attached hydrogens (tertiary/aromatic N) is 3. The number of halogens is 1. The molecule has 32 heavy (non-hydrogen) atoms. The number of thioether (sulfide) groups is 1. The van der Waals surface area contributed by atoms with Crippen molar-refractivity contribution in [3.63, 3.8) is 0 Å². The molecule has 3 rings (SSSR count). The largest absolute Gasteiger partial charge is 0.342 e. The van der Waals surface area contributed by atoms with Crippen molar-refractivity contribution in [1.82, 2.24) is 20.1 Å². The van der Waals surface area contributed by atoms with Gasteiger partial charge in [-0.25, -0.2) is 0 Å². The summed E-state index contributed by atoms with van der Waals surface area (Å²) in [6, 6.07) is 11.0. The highest BCUT2D eigenvalue weighted by Crippen LogP contribution is 2.26. The molecule has 2 amide bonds. The molecule has 3 aromatic rings. The lowest BCUT2D eigenvalue weighted by Crippen LogP contribution is -2.28. The number of rotatable bonds is 7. The normalized spacial score (nSPS) is 11.8. The number of amides is 2. The summed E-state index contributed by atoms with van der Waals surface area (Å²) in [7, 11) is 1.83. The third-order valence-electron chi connectivity index (χ3n) is 5.01. The molecule has 7 nitrogen and oxygen atoms in total. The number of benzene rings is 2. The number of aryl methyl sites for hydroxylation is 3. The Bertz CT molecular complexity index is 1120. The maximum Gasteiger partial charge on any atom is 0.251 e. The van der Waals surface area contributed by atoms with Gasteiger partial charge in [0.1, 0.15) is 0 Å². The summed E-state index contributed by atoms with van der Waals surface area (Å²) >= 11 is 4.77. The zero-order valence-corrected chi connectivity index (χ0v) is 21.1. The Labute approximate surface area is 200 Å². The van der Waals surface area contributed by atoms with Crippen LogP contribution in [0.15, 0.2) is 46.0 Å². The molecule has 0 unspecified atom stereocenters. The molecule has 0 aliphatic rings. The van der Waals surface area contributed by atoms with Gasteiger partial charge in [-0.05, 0) is 63.1 Å². The number of anilines is 1. The predicted molar refractivity (Wildman–Crippen MR) is 131 cm³/mol. The second-order valence-electron chi connectivity index (χ2n) is 7.71. The molecule has 0 radical (unpaired) electrons. The van der Waals surface area contributed by atoms with Crippen LogP contribution >= 0.6 is 27.7 Å². The van der Waals surface area contributed by atoms with E-state index in [0.29, 0.717) is 16.5 Å². The van der Waals surface area contributed by atoms with E-state index < -0.39 is 0 Å². The van der Waals surface area contributed by atoms with E-state index in [1.807, 2.05) is 59.0 Å². The first kappa shape index (κ1) is 24.0. The molecule has 0 bridgehead atoms. The minimum atomic E-state index is -0.336. The Hall–Kier alpha value is -2.65. The number of hydrogen-bond donors (Lipinski definition) is 2. The highest BCUT2D eigenvalue weighted by Gasteiger charge is 2.19. The van der Waals surface area contributed by atoms with Gasteiger partial charge in [0.15, 0.2) is 11.0 Å². The molecule has 168 valence electrons. The van der Waals surface area contributed by atoms with Crippen LogP contribution in [0.5, 0.6) is 0 Å². The van der Waals surface area contributed by atoms with E-state index >= 15 is 0 Å². The van der Waals surface area contributed by atoms with Crippen molar-refractivity contribution < 1.29 is 9.59 Å². The summed E-state index contributed by atoms with van der Waals surface area (Å²) in [5.41, 5.74) is 4.50. The van der Waals surface area contributed by atoms with E-state index in [1.165, 1.54) is 11.8 Å². The van der Waals surface area contributed by atoms with E-state index in [4.69, 9.17) is 0 Å². The van der Waals surface area contributed by atoms with Gasteiger partial charge < -0.3 is 15.2 Å². The van der Waals surface area contributed by atoms with E-state index in [-0.39, 0.29) is 23.6 Å². The van der Waals surface area contributed by atoms with Crippen molar-refractivity contribution >= 4 is 45.2 Å². The van der Waals surface area contributed by atoms with Crippen molar-refractivity contribution in [2.45, 2.75) is 38.9 Å². The lowest BCUT2D eigenvalue weighted by atomic mass is 10.1. The Morgan fingerprint density at radius 2 is 1.72 bits per heavy atom. The van der Waals surface area contributed by atoms with E-state index in [9.17, 15) is 9.59 Å². The number of carbonyl (C=O) groups is 2. The van der Waals surface area contributed by atoms with Gasteiger partial charge in [-0.1, -0.05) is 45.4 Å². The Kier molecular flexibility index (Phi) is 7.73. The molecular formula is C23H26BrN5O2S. The van der Waals surface area contributed by atoms with E-state index in [1.54, 1.807) is 16.7 Å². The standard InChI is InChI=1S/C23H26BrN5O2S/c1-13-6-8-17(9-7-13)22(31)25-16(4)21-27-28-23(29(21)5)32-12-19(30)26-20-14(2)10-18(24)11-15(20)3/h6-11,16H,12H2,1-5H3,(H,25,31)(H,26,30)/t16-/m0/s1. The van der Waals surface area contributed by atoms with Gasteiger partial charge in [0.05, 0.1) is 11.8 Å². The lowest BCUT2D eigenvalue weighted by molar-refractivity contribution is -0.113. The Balaban J connectivity index is 1.60. The smallest absolute Gasteiger partial charge is 0.251 e. The maximum atomic E-state index is 12.5. The summed E-state index contributed by atoms with van der Waals surface area (Å²) in [6.07, 6.45) is 0. The molecule has 9 heteroatoms. The first-order chi connectivity index (χ1) is 15.2. The average molecular weight is 516 g/mol. The van der Waals surface area contributed by atoms with Gasteiger partial charge in [-0.2, -0.15) is 0 Å². The van der Waals surface area contributed by atoms with Crippen molar-refractivity contribution in [1.29, 1.82) is 0 Å². The Morgan fingerprint density at radius 1 is 1.09 bits per heavy atom. The summed E-state index contributed by atoms with van der Waals surface area (Å²) < 4.78 is 2.78. The van der Waals surface area contributed by atoms with Crippen LogP contribution in [0, 0.1) is 20.8 Å². The molecule has 1 atom stereocenters. The zero-order valence-electron chi connectivity index (χ0n) is 18.7. The second kappa shape index (κ2) is 10.3. The van der Waals surface area contributed by atoms with E-state index in [0.717, 1.165) is 26.9 Å². The maximum absolute atomic E-state index is 12.5.